The number of nitrogens with one attached hydrogen (secondary N) is 2. The molecule has 4 aromatic carbocycles. The van der Waals surface area contributed by atoms with Crippen molar-refractivity contribution in [1.82, 2.24) is 15.0 Å². The summed E-state index contributed by atoms with van der Waals surface area (Å²) in [6, 6.07) is 21.6. The molecule has 0 bridgehead atoms. The fourth-order valence-corrected chi connectivity index (χ4v) is 8.82. The molecule has 318 valence electrons. The number of anilines is 2. The van der Waals surface area contributed by atoms with Crippen LogP contribution < -0.4 is 10.6 Å². The average Bonchev–Trinajstić information content (AvgIpc) is 3.94. The average molecular weight is 965 g/mol. The van der Waals surface area contributed by atoms with E-state index in [2.05, 4.69) is 41.5 Å². The first kappa shape index (κ1) is 45.6. The van der Waals surface area contributed by atoms with E-state index in [0.717, 1.165) is 74.1 Å². The van der Waals surface area contributed by atoms with Gasteiger partial charge in [0.1, 0.15) is 51.5 Å². The van der Waals surface area contributed by atoms with E-state index in [9.17, 15) is 36.7 Å². The van der Waals surface area contributed by atoms with Crippen LogP contribution >= 0.6 is 49.9 Å². The molecule has 0 fully saturated rings. The number of aryl methyl sites for hydroxylation is 3. The quantitative estimate of drug-likeness (QED) is 0.0565. The van der Waals surface area contributed by atoms with Crippen LogP contribution in [0.15, 0.2) is 84.9 Å². The topological polar surface area (TPSA) is 140 Å². The Morgan fingerprint density at radius 2 is 1.13 bits per heavy atom. The van der Waals surface area contributed by atoms with Crippen LogP contribution in [-0.4, -0.2) is 50.0 Å². The normalized spacial score (nSPS) is 11.3. The molecule has 1 atom stereocenters. The molecule has 0 aliphatic carbocycles. The number of carbonyl (C=O) groups excluding carboxylic acids is 4. The lowest BCUT2D eigenvalue weighted by atomic mass is 10.1. The van der Waals surface area contributed by atoms with Gasteiger partial charge in [0.15, 0.2) is 16.0 Å². The van der Waals surface area contributed by atoms with Gasteiger partial charge in [-0.2, -0.15) is 0 Å². The van der Waals surface area contributed by atoms with Gasteiger partial charge in [-0.15, -0.1) is 11.3 Å². The van der Waals surface area contributed by atoms with Crippen LogP contribution in [0.5, 0.6) is 0 Å². The van der Waals surface area contributed by atoms with Gasteiger partial charge in [-0.1, -0.05) is 110 Å². The summed E-state index contributed by atoms with van der Waals surface area (Å²) in [7, 11) is 0. The largest absolute Gasteiger partial charge is 0.461 e. The maximum Gasteiger partial charge on any atom is 0.367 e. The first-order valence-electron chi connectivity index (χ1n) is 18.6. The van der Waals surface area contributed by atoms with Gasteiger partial charge in [0.25, 0.3) is 11.8 Å². The van der Waals surface area contributed by atoms with Crippen molar-refractivity contribution in [2.24, 2.45) is 0 Å². The molecule has 3 aromatic heterocycles. The van der Waals surface area contributed by atoms with Crippen molar-refractivity contribution in [2.45, 2.75) is 39.4 Å². The number of carbonyl (C=O) groups is 4. The Kier molecular flexibility index (Phi) is 14.6. The van der Waals surface area contributed by atoms with Gasteiger partial charge in [-0.05, 0) is 70.0 Å². The van der Waals surface area contributed by atoms with Crippen molar-refractivity contribution in [1.29, 1.82) is 0 Å². The minimum atomic E-state index is -0.974. The maximum absolute atomic E-state index is 14.1. The van der Waals surface area contributed by atoms with Gasteiger partial charge in [0, 0.05) is 4.88 Å². The van der Waals surface area contributed by atoms with Gasteiger partial charge >= 0.3 is 5.97 Å². The number of esters is 1. The summed E-state index contributed by atoms with van der Waals surface area (Å²) in [4.78, 5) is 64.5. The number of aromatic nitrogens is 3. The molecular weight excluding hydrogens is 931 g/mol. The molecule has 1 unspecified atom stereocenters. The number of ether oxygens (including phenoxy) is 1. The van der Waals surface area contributed by atoms with E-state index in [1.807, 2.05) is 69.3 Å². The number of ketones is 1. The number of alkyl halides is 1. The number of benzene rings is 4. The maximum atomic E-state index is 14.1. The zero-order valence-corrected chi connectivity index (χ0v) is 37.4. The standard InChI is InChI=1S/C24H19F2N3O3S2.C20H15BrF2N2O2S/c1-4-32-23(31)22-27-18(13(3)33-22)19-20(14-8-5-7-12(2)11-14)34-24(28-19)29-21(30)17-15(25)9-6-10-16(17)26;1-10-5-3-6-12(9-10)18-16(17(26)11(2)21)24-20(28-18)25-19(27)15-13(22)7-4-8-14(15)23/h5-11H,4H2,1-3H3,(H,28,29,30);3-9,11H,1-2H3,(H,24,25,27). The zero-order valence-electron chi connectivity index (χ0n) is 33.4. The van der Waals surface area contributed by atoms with Crippen molar-refractivity contribution in [3.63, 3.8) is 0 Å². The number of thiazole rings is 3. The molecule has 2 amide bonds. The van der Waals surface area contributed by atoms with Crippen molar-refractivity contribution in [2.75, 3.05) is 17.2 Å². The molecule has 10 nitrogen and oxygen atoms in total. The lowest BCUT2D eigenvalue weighted by Gasteiger charge is -2.04. The van der Waals surface area contributed by atoms with Crippen LogP contribution in [0, 0.1) is 44.0 Å². The van der Waals surface area contributed by atoms with Gasteiger partial charge in [-0.3, -0.25) is 25.0 Å². The third kappa shape index (κ3) is 10.4. The summed E-state index contributed by atoms with van der Waals surface area (Å²) < 4.78 is 60.9. The summed E-state index contributed by atoms with van der Waals surface area (Å²) in [5.74, 6) is -6.59. The Morgan fingerprint density at radius 1 is 0.661 bits per heavy atom. The van der Waals surface area contributed by atoms with E-state index < -0.39 is 57.0 Å². The number of nitrogens with zero attached hydrogens (tertiary/aromatic N) is 3. The Bertz CT molecular complexity index is 2800. The molecular formula is C44H34BrF4N5O5S3. The zero-order chi connectivity index (χ0) is 44.8. The highest BCUT2D eigenvalue weighted by Gasteiger charge is 2.27. The highest BCUT2D eigenvalue weighted by atomic mass is 79.9. The predicted octanol–water partition coefficient (Wildman–Crippen LogP) is 11.9. The SMILES string of the molecule is CCOC(=O)c1nc(-c2nc(NC(=O)c3c(F)cccc3F)sc2-c2cccc(C)c2)c(C)s1.Cc1cccc(-c2sc(NC(=O)c3c(F)cccc3F)nc2C(=O)C(C)Br)c1. The minimum Gasteiger partial charge on any atom is -0.461 e. The number of rotatable bonds is 11. The fraction of sp³-hybridized carbons (Fsp3) is 0.159. The Balaban J connectivity index is 0.000000211. The summed E-state index contributed by atoms with van der Waals surface area (Å²) in [5, 5.41) is 5.31. The molecule has 0 radical (unpaired) electrons. The van der Waals surface area contributed by atoms with Crippen LogP contribution in [0.1, 0.15) is 70.9 Å². The lowest BCUT2D eigenvalue weighted by molar-refractivity contribution is 0.0525. The number of amides is 2. The van der Waals surface area contributed by atoms with E-state index in [1.165, 1.54) is 23.5 Å². The summed E-state index contributed by atoms with van der Waals surface area (Å²) in [5.41, 5.74) is 3.32. The van der Waals surface area contributed by atoms with Crippen molar-refractivity contribution in [3.05, 3.63) is 146 Å². The molecule has 18 heteroatoms. The Hall–Kier alpha value is -5.95. The lowest BCUT2D eigenvalue weighted by Crippen LogP contribution is -2.16. The van der Waals surface area contributed by atoms with E-state index in [4.69, 9.17) is 4.74 Å². The van der Waals surface area contributed by atoms with Crippen molar-refractivity contribution >= 4 is 83.8 Å². The second-order valence-corrected chi connectivity index (χ2v) is 17.9. The van der Waals surface area contributed by atoms with Crippen LogP contribution in [0.4, 0.5) is 27.8 Å². The van der Waals surface area contributed by atoms with Crippen molar-refractivity contribution in [3.8, 4) is 32.3 Å². The first-order valence-corrected chi connectivity index (χ1v) is 21.9. The smallest absolute Gasteiger partial charge is 0.367 e. The molecule has 0 saturated carbocycles. The molecule has 2 N–H and O–H groups in total. The number of halogens is 5. The molecule has 3 heterocycles. The molecule has 62 heavy (non-hydrogen) atoms. The van der Waals surface area contributed by atoms with E-state index in [-0.39, 0.29) is 33.4 Å². The molecule has 0 aliphatic rings. The van der Waals surface area contributed by atoms with Crippen LogP contribution in [0.3, 0.4) is 0 Å². The highest BCUT2D eigenvalue weighted by molar-refractivity contribution is 9.10. The van der Waals surface area contributed by atoms with E-state index in [1.54, 1.807) is 13.8 Å². The molecule has 0 aliphatic heterocycles. The number of hydrogen-bond donors (Lipinski definition) is 2. The predicted molar refractivity (Wildman–Crippen MR) is 238 cm³/mol. The van der Waals surface area contributed by atoms with Gasteiger partial charge in [0.05, 0.1) is 21.2 Å². The third-order valence-corrected chi connectivity index (χ3v) is 12.1. The Labute approximate surface area is 373 Å². The van der Waals surface area contributed by atoms with Gasteiger partial charge in [0.2, 0.25) is 5.01 Å². The monoisotopic (exact) mass is 963 g/mol. The summed E-state index contributed by atoms with van der Waals surface area (Å²) in [6.45, 7) is 9.28. The second kappa shape index (κ2) is 19.8. The van der Waals surface area contributed by atoms with E-state index >= 15 is 0 Å². The van der Waals surface area contributed by atoms with Crippen LogP contribution in [0.2, 0.25) is 0 Å². The minimum absolute atomic E-state index is 0.0839. The number of Topliss-reactive ketones (excluding diaryl/α,β-unsaturated/α-hetero) is 1. The first-order chi connectivity index (χ1) is 29.6. The third-order valence-electron chi connectivity index (χ3n) is 8.70. The Morgan fingerprint density at radius 3 is 1.61 bits per heavy atom. The molecule has 0 spiro atoms. The van der Waals surface area contributed by atoms with E-state index in [0.29, 0.717) is 21.1 Å². The summed E-state index contributed by atoms with van der Waals surface area (Å²) in [6.07, 6.45) is 0. The van der Waals surface area contributed by atoms with Crippen LogP contribution in [-0.2, 0) is 4.74 Å². The molecule has 7 rings (SSSR count). The fourth-order valence-electron chi connectivity index (χ4n) is 5.87. The van der Waals surface area contributed by atoms with Crippen molar-refractivity contribution < 1.29 is 41.5 Å². The van der Waals surface area contributed by atoms with Gasteiger partial charge < -0.3 is 4.74 Å². The second-order valence-electron chi connectivity index (χ2n) is 13.4. The highest BCUT2D eigenvalue weighted by Crippen LogP contribution is 2.42. The summed E-state index contributed by atoms with van der Waals surface area (Å²) >= 11 is 6.64. The molecule has 0 saturated heterocycles. The molecule has 7 aromatic rings. The van der Waals surface area contributed by atoms with Gasteiger partial charge in [-0.25, -0.2) is 37.3 Å². The number of hydrogen-bond acceptors (Lipinski definition) is 11. The van der Waals surface area contributed by atoms with Crippen LogP contribution in [0.25, 0.3) is 32.3 Å².